The molecule has 0 spiro atoms. The van der Waals surface area contributed by atoms with Gasteiger partial charge >= 0.3 is 12.1 Å². The summed E-state index contributed by atoms with van der Waals surface area (Å²) < 4.78 is 76.3. The molecule has 2 unspecified atom stereocenters. The SMILES string of the molecule is Cl.O=C(O)C1(NS(=O)(=O)c2ccc(-c3cc(C(F)(F)F)on3)s2)CC1c1cccc(N2CCOCC2)c1. The number of halogens is 4. The van der Waals surface area contributed by atoms with Gasteiger partial charge in [-0.05, 0) is 36.2 Å². The number of thiophene rings is 1. The molecule has 0 radical (unpaired) electrons. The third-order valence-electron chi connectivity index (χ3n) is 6.20. The summed E-state index contributed by atoms with van der Waals surface area (Å²) in [6.07, 6.45) is -4.67. The molecule has 2 N–H and O–H groups in total. The highest BCUT2D eigenvalue weighted by atomic mass is 35.5. The first kappa shape index (κ1) is 27.4. The lowest BCUT2D eigenvalue weighted by molar-refractivity contribution is -0.155. The molecule has 2 aromatic heterocycles. The highest BCUT2D eigenvalue weighted by Crippen LogP contribution is 2.53. The lowest BCUT2D eigenvalue weighted by Crippen LogP contribution is -2.44. The summed E-state index contributed by atoms with van der Waals surface area (Å²) in [5, 5.41) is 13.3. The van der Waals surface area contributed by atoms with Crippen molar-refractivity contribution in [3.8, 4) is 10.6 Å². The van der Waals surface area contributed by atoms with Gasteiger partial charge in [0.05, 0.1) is 18.1 Å². The standard InChI is InChI=1S/C22H20F3N3O6S2.ClH/c23-22(24,25)18-11-16(26-34-18)17-4-5-19(35-17)36(31,32)27-21(20(29)30)12-15(21)13-2-1-3-14(10-13)28-6-8-33-9-7-28;/h1-5,10-11,15,27H,6-9,12H2,(H,29,30);1H. The number of hydrogen-bond acceptors (Lipinski definition) is 8. The van der Waals surface area contributed by atoms with Crippen molar-refractivity contribution in [2.45, 2.75) is 28.3 Å². The van der Waals surface area contributed by atoms with Gasteiger partial charge in [-0.3, -0.25) is 4.79 Å². The van der Waals surface area contributed by atoms with E-state index in [2.05, 4.69) is 19.3 Å². The van der Waals surface area contributed by atoms with E-state index < -0.39 is 39.4 Å². The maximum Gasteiger partial charge on any atom is 0.452 e. The molecule has 15 heteroatoms. The molecular formula is C22H21ClF3N3O6S2. The molecule has 1 aliphatic heterocycles. The average molecular weight is 580 g/mol. The van der Waals surface area contributed by atoms with E-state index >= 15 is 0 Å². The first-order valence-corrected chi connectivity index (χ1v) is 13.1. The number of nitrogens with one attached hydrogen (secondary N) is 1. The summed E-state index contributed by atoms with van der Waals surface area (Å²) >= 11 is 0.664. The van der Waals surface area contributed by atoms with Gasteiger partial charge in [0, 0.05) is 30.8 Å². The van der Waals surface area contributed by atoms with Crippen LogP contribution < -0.4 is 9.62 Å². The van der Waals surface area contributed by atoms with Crippen LogP contribution in [0, 0.1) is 0 Å². The number of rotatable bonds is 7. The second kappa shape index (κ2) is 9.91. The molecule has 9 nitrogen and oxygen atoms in total. The quantitative estimate of drug-likeness (QED) is 0.431. The number of anilines is 1. The average Bonchev–Trinajstić information content (AvgIpc) is 3.20. The van der Waals surface area contributed by atoms with Gasteiger partial charge in [-0.2, -0.15) is 17.9 Å². The molecule has 1 aromatic carbocycles. The summed E-state index contributed by atoms with van der Waals surface area (Å²) in [7, 11) is -4.30. The van der Waals surface area contributed by atoms with E-state index in [1.54, 1.807) is 12.1 Å². The Hall–Kier alpha value is -2.65. The molecule has 1 aliphatic carbocycles. The summed E-state index contributed by atoms with van der Waals surface area (Å²) in [6.45, 7) is 2.56. The zero-order chi connectivity index (χ0) is 25.7. The van der Waals surface area contributed by atoms with Crippen LogP contribution in [0.15, 0.2) is 51.2 Å². The Bertz CT molecular complexity index is 1400. The molecule has 2 fully saturated rings. The Morgan fingerprint density at radius 1 is 1.19 bits per heavy atom. The molecule has 37 heavy (non-hydrogen) atoms. The number of carboxylic acids is 1. The van der Waals surface area contributed by atoms with Crippen molar-refractivity contribution >= 4 is 45.4 Å². The number of aliphatic carboxylic acids is 1. The van der Waals surface area contributed by atoms with E-state index in [1.807, 2.05) is 12.1 Å². The number of carbonyl (C=O) groups is 1. The van der Waals surface area contributed by atoms with E-state index in [0.29, 0.717) is 49.3 Å². The number of sulfonamides is 1. The fraction of sp³-hybridized carbons (Fsp3) is 0.364. The van der Waals surface area contributed by atoms with Gasteiger partial charge in [-0.1, -0.05) is 17.3 Å². The van der Waals surface area contributed by atoms with E-state index in [9.17, 15) is 31.5 Å². The van der Waals surface area contributed by atoms with Crippen molar-refractivity contribution in [2.75, 3.05) is 31.2 Å². The Morgan fingerprint density at radius 3 is 2.57 bits per heavy atom. The van der Waals surface area contributed by atoms with Crippen molar-refractivity contribution in [3.05, 3.63) is 53.8 Å². The third kappa shape index (κ3) is 5.34. The number of nitrogens with zero attached hydrogens (tertiary/aromatic N) is 2. The lowest BCUT2D eigenvalue weighted by atomic mass is 10.1. The predicted molar refractivity (Wildman–Crippen MR) is 130 cm³/mol. The second-order valence-electron chi connectivity index (χ2n) is 8.53. The maximum atomic E-state index is 13.1. The van der Waals surface area contributed by atoms with Crippen LogP contribution in [0.5, 0.6) is 0 Å². The monoisotopic (exact) mass is 579 g/mol. The molecule has 5 rings (SSSR count). The molecule has 1 saturated carbocycles. The minimum absolute atomic E-state index is 0. The van der Waals surface area contributed by atoms with Crippen molar-refractivity contribution in [1.82, 2.24) is 9.88 Å². The van der Waals surface area contributed by atoms with E-state index in [-0.39, 0.29) is 33.6 Å². The van der Waals surface area contributed by atoms with Crippen molar-refractivity contribution in [1.29, 1.82) is 0 Å². The molecule has 200 valence electrons. The third-order valence-corrected chi connectivity index (χ3v) is 9.31. The number of ether oxygens (including phenoxy) is 1. The normalized spacial score (nSPS) is 21.9. The van der Waals surface area contributed by atoms with Crippen LogP contribution >= 0.6 is 23.7 Å². The smallest absolute Gasteiger partial charge is 0.452 e. The summed E-state index contributed by atoms with van der Waals surface area (Å²) in [5.74, 6) is -3.20. The molecule has 1 saturated heterocycles. The van der Waals surface area contributed by atoms with Crippen molar-refractivity contribution in [2.24, 2.45) is 0 Å². The first-order valence-electron chi connectivity index (χ1n) is 10.8. The molecular weight excluding hydrogens is 559 g/mol. The first-order chi connectivity index (χ1) is 17.0. The maximum absolute atomic E-state index is 13.1. The van der Waals surface area contributed by atoms with Gasteiger partial charge < -0.3 is 19.3 Å². The topological polar surface area (TPSA) is 122 Å². The van der Waals surface area contributed by atoms with Crippen LogP contribution in [0.1, 0.15) is 23.7 Å². The number of carboxylic acid groups (broad SMARTS) is 1. The Labute approximate surface area is 219 Å². The fourth-order valence-corrected chi connectivity index (χ4v) is 6.90. The van der Waals surface area contributed by atoms with Gasteiger partial charge in [0.15, 0.2) is 0 Å². The van der Waals surface area contributed by atoms with Crippen molar-refractivity contribution < 1.29 is 40.8 Å². The molecule has 2 aliphatic rings. The molecule has 3 heterocycles. The highest BCUT2D eigenvalue weighted by molar-refractivity contribution is 7.91. The van der Waals surface area contributed by atoms with Crippen LogP contribution in [-0.2, 0) is 25.7 Å². The van der Waals surface area contributed by atoms with E-state index in [1.165, 1.54) is 12.1 Å². The van der Waals surface area contributed by atoms with Crippen LogP contribution in [0.25, 0.3) is 10.6 Å². The van der Waals surface area contributed by atoms with Gasteiger partial charge in [-0.25, -0.2) is 8.42 Å². The molecule has 0 bridgehead atoms. The Kier molecular flexibility index (Phi) is 7.33. The van der Waals surface area contributed by atoms with Gasteiger partial charge in [-0.15, -0.1) is 23.7 Å². The summed E-state index contributed by atoms with van der Waals surface area (Å²) in [4.78, 5) is 14.5. The summed E-state index contributed by atoms with van der Waals surface area (Å²) in [6, 6.07) is 10.5. The number of benzene rings is 1. The number of alkyl halides is 3. The molecule has 0 amide bonds. The van der Waals surface area contributed by atoms with E-state index in [0.717, 1.165) is 5.69 Å². The largest absolute Gasteiger partial charge is 0.480 e. The number of aromatic nitrogens is 1. The Balaban J connectivity index is 0.00000320. The second-order valence-corrected chi connectivity index (χ2v) is 11.5. The zero-order valence-corrected chi connectivity index (χ0v) is 21.3. The van der Waals surface area contributed by atoms with Crippen molar-refractivity contribution in [3.63, 3.8) is 0 Å². The number of morpholine rings is 1. The van der Waals surface area contributed by atoms with Crippen LogP contribution in [0.2, 0.25) is 0 Å². The van der Waals surface area contributed by atoms with Crippen LogP contribution in [0.3, 0.4) is 0 Å². The van der Waals surface area contributed by atoms with E-state index in [4.69, 9.17) is 4.74 Å². The fourth-order valence-electron chi connectivity index (χ4n) is 4.24. The predicted octanol–water partition coefficient (Wildman–Crippen LogP) is 3.97. The van der Waals surface area contributed by atoms with Gasteiger partial charge in [0.1, 0.15) is 15.4 Å². The van der Waals surface area contributed by atoms with Gasteiger partial charge in [0.2, 0.25) is 5.76 Å². The molecule has 2 atom stereocenters. The summed E-state index contributed by atoms with van der Waals surface area (Å²) in [5.41, 5.74) is -0.313. The highest BCUT2D eigenvalue weighted by Gasteiger charge is 2.63. The minimum atomic E-state index is -4.73. The van der Waals surface area contributed by atoms with Crippen LogP contribution in [0.4, 0.5) is 18.9 Å². The Morgan fingerprint density at radius 2 is 1.92 bits per heavy atom. The number of hydrogen-bond donors (Lipinski definition) is 2. The zero-order valence-electron chi connectivity index (χ0n) is 18.9. The molecule has 3 aromatic rings. The lowest BCUT2D eigenvalue weighted by Gasteiger charge is -2.29. The van der Waals surface area contributed by atoms with Gasteiger partial charge in [0.25, 0.3) is 10.0 Å². The van der Waals surface area contributed by atoms with Crippen LogP contribution in [-0.4, -0.2) is 56.5 Å². The minimum Gasteiger partial charge on any atom is -0.480 e.